The van der Waals surface area contributed by atoms with E-state index in [4.69, 9.17) is 0 Å². The first-order valence-electron chi connectivity index (χ1n) is 3.22. The molecule has 53 valence electrons. The van der Waals surface area contributed by atoms with Crippen LogP contribution in [0.5, 0.6) is 0 Å². The molecule has 1 heteroatoms. The standard InChI is InChI=1S/C9H11S/c1-7-4-8(2)6-9(5-7)10-3/h4-6H,3H2,1-2H3. The minimum atomic E-state index is 1.25. The number of hydrogen-bond acceptors (Lipinski definition) is 1. The molecule has 0 aliphatic carbocycles. The number of aryl methyl sites for hydroxylation is 2. The summed E-state index contributed by atoms with van der Waals surface area (Å²) in [7, 11) is 0. The molecule has 0 aliphatic rings. The lowest BCUT2D eigenvalue weighted by Gasteiger charge is -1.99. The first kappa shape index (κ1) is 7.67. The van der Waals surface area contributed by atoms with Crippen molar-refractivity contribution in [1.82, 2.24) is 0 Å². The average molecular weight is 151 g/mol. The molecule has 0 nitrogen and oxygen atoms in total. The summed E-state index contributed by atoms with van der Waals surface area (Å²) in [5, 5.41) is 0. The molecule has 10 heavy (non-hydrogen) atoms. The fourth-order valence-electron chi connectivity index (χ4n) is 1.02. The molecule has 0 spiro atoms. The molecule has 1 aromatic carbocycles. The van der Waals surface area contributed by atoms with Gasteiger partial charge in [-0.1, -0.05) is 6.07 Å². The van der Waals surface area contributed by atoms with Crippen molar-refractivity contribution in [3.8, 4) is 0 Å². The maximum atomic E-state index is 3.75. The third kappa shape index (κ3) is 1.77. The number of rotatable bonds is 1. The summed E-state index contributed by atoms with van der Waals surface area (Å²) in [4.78, 5) is 1.25. The molecule has 0 fully saturated rings. The Morgan fingerprint density at radius 2 is 1.60 bits per heavy atom. The topological polar surface area (TPSA) is 0 Å². The van der Waals surface area contributed by atoms with Crippen molar-refractivity contribution in [1.29, 1.82) is 0 Å². The Balaban J connectivity index is 3.06. The second-order valence-corrected chi connectivity index (χ2v) is 3.23. The monoisotopic (exact) mass is 151 g/mol. The summed E-state index contributed by atoms with van der Waals surface area (Å²) < 4.78 is 0. The van der Waals surface area contributed by atoms with Crippen LogP contribution in [0.4, 0.5) is 0 Å². The summed E-state index contributed by atoms with van der Waals surface area (Å²) in [6, 6.07) is 6.45. The molecule has 0 saturated carbocycles. The van der Waals surface area contributed by atoms with Gasteiger partial charge in [0.2, 0.25) is 0 Å². The maximum Gasteiger partial charge on any atom is 0.00775 e. The molecule has 0 aliphatic heterocycles. The SMILES string of the molecule is [CH2]Sc1cc(C)cc(C)c1. The third-order valence-corrected chi connectivity index (χ3v) is 1.93. The Morgan fingerprint density at radius 3 is 2.00 bits per heavy atom. The van der Waals surface area contributed by atoms with Gasteiger partial charge in [0, 0.05) is 11.2 Å². The van der Waals surface area contributed by atoms with Crippen LogP contribution in [0.25, 0.3) is 0 Å². The molecule has 0 unspecified atom stereocenters. The van der Waals surface area contributed by atoms with Crippen molar-refractivity contribution in [2.24, 2.45) is 0 Å². The zero-order chi connectivity index (χ0) is 7.56. The van der Waals surface area contributed by atoms with Crippen LogP contribution in [0.2, 0.25) is 0 Å². The summed E-state index contributed by atoms with van der Waals surface area (Å²) >= 11 is 1.55. The molecule has 0 atom stereocenters. The molecule has 0 amide bonds. The molecule has 0 saturated heterocycles. The van der Waals surface area contributed by atoms with Crippen molar-refractivity contribution < 1.29 is 0 Å². The van der Waals surface area contributed by atoms with E-state index in [0.29, 0.717) is 0 Å². The van der Waals surface area contributed by atoms with Gasteiger partial charge in [0.05, 0.1) is 0 Å². The molecular formula is C9H11S. The molecule has 1 radical (unpaired) electrons. The van der Waals surface area contributed by atoms with Crippen molar-refractivity contribution in [2.45, 2.75) is 18.7 Å². The fourth-order valence-corrected chi connectivity index (χ4v) is 1.55. The van der Waals surface area contributed by atoms with E-state index in [-0.39, 0.29) is 0 Å². The number of thioether (sulfide) groups is 1. The molecule has 0 heterocycles. The van der Waals surface area contributed by atoms with Crippen LogP contribution in [0.1, 0.15) is 11.1 Å². The minimum absolute atomic E-state index is 1.25. The van der Waals surface area contributed by atoms with E-state index in [1.807, 2.05) is 0 Å². The first-order chi connectivity index (χ1) is 4.72. The summed E-state index contributed by atoms with van der Waals surface area (Å²) in [5.41, 5.74) is 2.62. The largest absolute Gasteiger partial charge is 0.125 e. The molecule has 1 rings (SSSR count). The van der Waals surface area contributed by atoms with Gasteiger partial charge >= 0.3 is 0 Å². The van der Waals surface area contributed by atoms with E-state index < -0.39 is 0 Å². The predicted molar refractivity (Wildman–Crippen MR) is 47.1 cm³/mol. The second-order valence-electron chi connectivity index (χ2n) is 2.47. The van der Waals surface area contributed by atoms with Crippen LogP contribution in [0.3, 0.4) is 0 Å². The lowest BCUT2D eigenvalue weighted by atomic mass is 10.2. The van der Waals surface area contributed by atoms with E-state index in [1.54, 1.807) is 11.8 Å². The van der Waals surface area contributed by atoms with Crippen molar-refractivity contribution in [2.75, 3.05) is 0 Å². The Labute approximate surface area is 66.6 Å². The van der Waals surface area contributed by atoms with Gasteiger partial charge in [-0.25, -0.2) is 0 Å². The summed E-state index contributed by atoms with van der Waals surface area (Å²) in [6.07, 6.45) is 3.75. The highest BCUT2D eigenvalue weighted by Crippen LogP contribution is 2.18. The highest BCUT2D eigenvalue weighted by atomic mass is 32.2. The summed E-state index contributed by atoms with van der Waals surface area (Å²) in [6.45, 7) is 4.21. The smallest absolute Gasteiger partial charge is 0.00775 e. The Hall–Kier alpha value is -0.430. The summed E-state index contributed by atoms with van der Waals surface area (Å²) in [5.74, 6) is 0. The van der Waals surface area contributed by atoms with Crippen LogP contribution in [0, 0.1) is 20.1 Å². The van der Waals surface area contributed by atoms with Gasteiger partial charge in [-0.15, -0.1) is 11.8 Å². The van der Waals surface area contributed by atoms with Gasteiger partial charge in [-0.2, -0.15) is 0 Å². The fraction of sp³-hybridized carbons (Fsp3) is 0.222. The van der Waals surface area contributed by atoms with E-state index in [2.05, 4.69) is 38.3 Å². The number of hydrogen-bond donors (Lipinski definition) is 0. The van der Waals surface area contributed by atoms with E-state index in [0.717, 1.165) is 0 Å². The second kappa shape index (κ2) is 3.11. The molecular weight excluding hydrogens is 140 g/mol. The Bertz CT molecular complexity index is 208. The quantitative estimate of drug-likeness (QED) is 0.555. The lowest BCUT2D eigenvalue weighted by molar-refractivity contribution is 1.30. The zero-order valence-corrected chi connectivity index (χ0v) is 7.16. The van der Waals surface area contributed by atoms with Crippen LogP contribution in [0.15, 0.2) is 23.1 Å². The number of benzene rings is 1. The predicted octanol–water partition coefficient (Wildman–Crippen LogP) is 3.19. The van der Waals surface area contributed by atoms with Gasteiger partial charge in [0.1, 0.15) is 0 Å². The maximum absolute atomic E-state index is 3.75. The molecule has 1 aromatic rings. The van der Waals surface area contributed by atoms with Gasteiger partial charge in [-0.05, 0) is 37.1 Å². The average Bonchev–Trinajstić information content (AvgIpc) is 1.85. The molecule has 0 bridgehead atoms. The van der Waals surface area contributed by atoms with Crippen molar-refractivity contribution >= 4 is 11.8 Å². The van der Waals surface area contributed by atoms with Crippen molar-refractivity contribution in [3.63, 3.8) is 0 Å². The minimum Gasteiger partial charge on any atom is -0.125 e. The first-order valence-corrected chi connectivity index (χ1v) is 4.21. The normalized spacial score (nSPS) is 9.90. The van der Waals surface area contributed by atoms with E-state index >= 15 is 0 Å². The molecule has 0 N–H and O–H groups in total. The zero-order valence-electron chi connectivity index (χ0n) is 6.35. The lowest BCUT2D eigenvalue weighted by Crippen LogP contribution is -1.77. The van der Waals surface area contributed by atoms with Crippen LogP contribution in [-0.2, 0) is 0 Å². The van der Waals surface area contributed by atoms with Gasteiger partial charge in [0.15, 0.2) is 0 Å². The van der Waals surface area contributed by atoms with Crippen LogP contribution in [-0.4, -0.2) is 0 Å². The van der Waals surface area contributed by atoms with Crippen LogP contribution < -0.4 is 0 Å². The van der Waals surface area contributed by atoms with Crippen molar-refractivity contribution in [3.05, 3.63) is 35.6 Å². The third-order valence-electron chi connectivity index (χ3n) is 1.36. The van der Waals surface area contributed by atoms with E-state index in [1.165, 1.54) is 16.0 Å². The Kier molecular flexibility index (Phi) is 2.39. The van der Waals surface area contributed by atoms with Gasteiger partial charge in [0.25, 0.3) is 0 Å². The molecule has 0 aromatic heterocycles. The van der Waals surface area contributed by atoms with Gasteiger partial charge in [-0.3, -0.25) is 0 Å². The van der Waals surface area contributed by atoms with Crippen LogP contribution >= 0.6 is 11.8 Å². The highest BCUT2D eigenvalue weighted by molar-refractivity contribution is 8.00. The Morgan fingerprint density at radius 1 is 1.10 bits per heavy atom. The highest BCUT2D eigenvalue weighted by Gasteiger charge is 1.91. The van der Waals surface area contributed by atoms with E-state index in [9.17, 15) is 0 Å². The van der Waals surface area contributed by atoms with Gasteiger partial charge < -0.3 is 0 Å².